The predicted molar refractivity (Wildman–Crippen MR) is 93.0 cm³/mol. The van der Waals surface area contributed by atoms with Gasteiger partial charge in [0.05, 0.1) is 7.11 Å². The predicted octanol–water partition coefficient (Wildman–Crippen LogP) is 4.79. The van der Waals surface area contributed by atoms with E-state index in [1.54, 1.807) is 7.11 Å². The fraction of sp³-hybridized carbons (Fsp3) is 0.667. The van der Waals surface area contributed by atoms with Gasteiger partial charge in [0.15, 0.2) is 0 Å². The van der Waals surface area contributed by atoms with Crippen molar-refractivity contribution in [3.05, 3.63) is 29.8 Å². The third kappa shape index (κ3) is 4.65. The van der Waals surface area contributed by atoms with Crippen LogP contribution in [-0.4, -0.2) is 18.4 Å². The summed E-state index contributed by atoms with van der Waals surface area (Å²) in [5, 5.41) is 1.13. The van der Waals surface area contributed by atoms with Gasteiger partial charge in [0, 0.05) is 16.5 Å². The van der Waals surface area contributed by atoms with E-state index in [0.29, 0.717) is 5.25 Å². The highest BCUT2D eigenvalue weighted by atomic mass is 32.2. The molecule has 1 aromatic carbocycles. The smallest absolute Gasteiger partial charge is 0.119 e. The summed E-state index contributed by atoms with van der Waals surface area (Å²) in [7, 11) is 1.73. The second kappa shape index (κ2) is 8.09. The van der Waals surface area contributed by atoms with Gasteiger partial charge in [-0.3, -0.25) is 0 Å². The van der Waals surface area contributed by atoms with Gasteiger partial charge in [-0.2, -0.15) is 0 Å². The first-order valence-electron chi connectivity index (χ1n) is 8.19. The number of rotatable bonds is 6. The first-order chi connectivity index (χ1) is 10.1. The normalized spacial score (nSPS) is 25.3. The SMILES string of the molecule is CCC(N)C(SC1CCCC(C)C1)c1cccc(OC)c1. The molecule has 0 spiro atoms. The van der Waals surface area contributed by atoms with Crippen molar-refractivity contribution < 1.29 is 4.74 Å². The second-order valence-electron chi connectivity index (χ2n) is 6.30. The van der Waals surface area contributed by atoms with Gasteiger partial charge in [-0.1, -0.05) is 38.8 Å². The molecule has 2 nitrogen and oxygen atoms in total. The zero-order valence-electron chi connectivity index (χ0n) is 13.5. The molecule has 1 fully saturated rings. The van der Waals surface area contributed by atoms with Crippen LogP contribution in [0.3, 0.4) is 0 Å². The molecule has 0 bridgehead atoms. The van der Waals surface area contributed by atoms with Crippen molar-refractivity contribution in [2.45, 2.75) is 62.5 Å². The van der Waals surface area contributed by atoms with Crippen molar-refractivity contribution in [1.82, 2.24) is 0 Å². The van der Waals surface area contributed by atoms with E-state index in [-0.39, 0.29) is 6.04 Å². The standard InChI is InChI=1S/C18H29NOS/c1-4-17(19)18(14-8-6-9-15(12-14)20-3)21-16-10-5-7-13(2)11-16/h6,8-9,12-13,16-18H,4-5,7,10-11,19H2,1-3H3. The molecule has 4 atom stereocenters. The van der Waals surface area contributed by atoms with Gasteiger partial charge < -0.3 is 10.5 Å². The van der Waals surface area contributed by atoms with Crippen LogP contribution in [0.2, 0.25) is 0 Å². The number of thioether (sulfide) groups is 1. The molecular formula is C18H29NOS. The van der Waals surface area contributed by atoms with E-state index in [2.05, 4.69) is 43.8 Å². The highest BCUT2D eigenvalue weighted by molar-refractivity contribution is 8.00. The van der Waals surface area contributed by atoms with Crippen LogP contribution in [0.15, 0.2) is 24.3 Å². The van der Waals surface area contributed by atoms with Crippen molar-refractivity contribution in [2.24, 2.45) is 11.7 Å². The highest BCUT2D eigenvalue weighted by Gasteiger charge is 2.27. The van der Waals surface area contributed by atoms with Gasteiger partial charge in [-0.15, -0.1) is 11.8 Å². The molecule has 0 heterocycles. The first kappa shape index (κ1) is 16.7. The third-order valence-corrected chi connectivity index (χ3v) is 6.24. The Morgan fingerprint density at radius 2 is 2.19 bits per heavy atom. The molecule has 2 N–H and O–H groups in total. The molecule has 0 radical (unpaired) electrons. The lowest BCUT2D eigenvalue weighted by Crippen LogP contribution is -2.28. The minimum absolute atomic E-state index is 0.208. The van der Waals surface area contributed by atoms with Crippen LogP contribution in [0, 0.1) is 5.92 Å². The first-order valence-corrected chi connectivity index (χ1v) is 9.13. The minimum Gasteiger partial charge on any atom is -0.497 e. The fourth-order valence-corrected chi connectivity index (χ4v) is 5.02. The van der Waals surface area contributed by atoms with E-state index in [1.807, 2.05) is 6.07 Å². The quantitative estimate of drug-likeness (QED) is 0.821. The molecule has 3 heteroatoms. The average Bonchev–Trinajstić information content (AvgIpc) is 2.52. The Labute approximate surface area is 133 Å². The Morgan fingerprint density at radius 1 is 1.38 bits per heavy atom. The third-order valence-electron chi connectivity index (χ3n) is 4.51. The number of benzene rings is 1. The summed E-state index contributed by atoms with van der Waals surface area (Å²) in [6.45, 7) is 4.56. The minimum atomic E-state index is 0.208. The Hall–Kier alpha value is -0.670. The summed E-state index contributed by atoms with van der Waals surface area (Å²) in [4.78, 5) is 0. The topological polar surface area (TPSA) is 35.2 Å². The van der Waals surface area contributed by atoms with Crippen LogP contribution < -0.4 is 10.5 Å². The summed E-state index contributed by atoms with van der Waals surface area (Å²) >= 11 is 2.09. The lowest BCUT2D eigenvalue weighted by Gasteiger charge is -2.32. The zero-order valence-corrected chi connectivity index (χ0v) is 14.4. The molecule has 1 aliphatic rings. The highest BCUT2D eigenvalue weighted by Crippen LogP contribution is 2.42. The van der Waals surface area contributed by atoms with Crippen LogP contribution in [-0.2, 0) is 0 Å². The maximum atomic E-state index is 6.43. The molecule has 0 saturated heterocycles. The molecule has 1 aromatic rings. The molecule has 4 unspecified atom stereocenters. The van der Waals surface area contributed by atoms with Gasteiger partial charge in [-0.05, 0) is 42.9 Å². The van der Waals surface area contributed by atoms with Crippen LogP contribution in [0.5, 0.6) is 5.75 Å². The van der Waals surface area contributed by atoms with E-state index < -0.39 is 0 Å². The Kier molecular flexibility index (Phi) is 6.43. The molecule has 1 saturated carbocycles. The Balaban J connectivity index is 2.13. The monoisotopic (exact) mass is 307 g/mol. The maximum absolute atomic E-state index is 6.43. The summed E-state index contributed by atoms with van der Waals surface area (Å²) in [5.74, 6) is 1.79. The summed E-state index contributed by atoms with van der Waals surface area (Å²) < 4.78 is 5.38. The second-order valence-corrected chi connectivity index (χ2v) is 7.75. The van der Waals surface area contributed by atoms with Crippen molar-refractivity contribution in [2.75, 3.05) is 7.11 Å². The van der Waals surface area contributed by atoms with Gasteiger partial charge in [0.2, 0.25) is 0 Å². The number of hydrogen-bond acceptors (Lipinski definition) is 3. The van der Waals surface area contributed by atoms with E-state index >= 15 is 0 Å². The number of ether oxygens (including phenoxy) is 1. The van der Waals surface area contributed by atoms with Gasteiger partial charge in [-0.25, -0.2) is 0 Å². The van der Waals surface area contributed by atoms with Crippen LogP contribution in [0.1, 0.15) is 56.8 Å². The zero-order chi connectivity index (χ0) is 15.2. The van der Waals surface area contributed by atoms with E-state index in [9.17, 15) is 0 Å². The van der Waals surface area contributed by atoms with Crippen molar-refractivity contribution in [3.63, 3.8) is 0 Å². The van der Waals surface area contributed by atoms with Crippen molar-refractivity contribution >= 4 is 11.8 Å². The Bertz CT molecular complexity index is 437. The number of hydrogen-bond donors (Lipinski definition) is 1. The molecule has 1 aliphatic carbocycles. The van der Waals surface area contributed by atoms with Crippen molar-refractivity contribution in [3.8, 4) is 5.75 Å². The summed E-state index contributed by atoms with van der Waals surface area (Å²) in [6, 6.07) is 8.64. The largest absolute Gasteiger partial charge is 0.497 e. The maximum Gasteiger partial charge on any atom is 0.119 e. The van der Waals surface area contributed by atoms with Gasteiger partial charge >= 0.3 is 0 Å². The van der Waals surface area contributed by atoms with E-state index in [1.165, 1.54) is 31.2 Å². The molecule has 118 valence electrons. The molecule has 0 amide bonds. The van der Waals surface area contributed by atoms with Crippen LogP contribution >= 0.6 is 11.8 Å². The molecule has 21 heavy (non-hydrogen) atoms. The van der Waals surface area contributed by atoms with E-state index in [0.717, 1.165) is 23.3 Å². The van der Waals surface area contributed by atoms with Crippen LogP contribution in [0.25, 0.3) is 0 Å². The number of nitrogens with two attached hydrogens (primary N) is 1. The number of methoxy groups -OCH3 is 1. The van der Waals surface area contributed by atoms with Gasteiger partial charge in [0.25, 0.3) is 0 Å². The molecular weight excluding hydrogens is 278 g/mol. The summed E-state index contributed by atoms with van der Waals surface area (Å²) in [5.41, 5.74) is 7.74. The van der Waals surface area contributed by atoms with Crippen molar-refractivity contribution in [1.29, 1.82) is 0 Å². The van der Waals surface area contributed by atoms with E-state index in [4.69, 9.17) is 10.5 Å². The lowest BCUT2D eigenvalue weighted by molar-refractivity contribution is 0.393. The average molecular weight is 308 g/mol. The molecule has 2 rings (SSSR count). The van der Waals surface area contributed by atoms with Gasteiger partial charge in [0.1, 0.15) is 5.75 Å². The molecule has 0 aromatic heterocycles. The molecule has 0 aliphatic heterocycles. The van der Waals surface area contributed by atoms with Crippen LogP contribution in [0.4, 0.5) is 0 Å². The summed E-state index contributed by atoms with van der Waals surface area (Å²) in [6.07, 6.45) is 6.44. The lowest BCUT2D eigenvalue weighted by atomic mass is 9.90. The Morgan fingerprint density at radius 3 is 2.86 bits per heavy atom. The fourth-order valence-electron chi connectivity index (χ4n) is 3.17.